The molecule has 0 aromatic carbocycles. The monoisotopic (exact) mass is 462 g/mol. The second-order valence-electron chi connectivity index (χ2n) is 8.68. The number of aryl methyl sites for hydroxylation is 1. The molecule has 1 fully saturated rings. The number of hydrogen-bond donors (Lipinski definition) is 1. The van der Waals surface area contributed by atoms with Gasteiger partial charge in [-0.05, 0) is 37.5 Å². The summed E-state index contributed by atoms with van der Waals surface area (Å²) < 4.78 is 7.61. The number of anilines is 1. The van der Waals surface area contributed by atoms with Gasteiger partial charge in [0.2, 0.25) is 5.91 Å². The van der Waals surface area contributed by atoms with E-state index in [1.165, 1.54) is 11.1 Å². The van der Waals surface area contributed by atoms with Gasteiger partial charge in [0.15, 0.2) is 0 Å². The Kier molecular flexibility index (Phi) is 6.90. The molecule has 178 valence electrons. The Balaban J connectivity index is 1.39. The molecule has 1 aliphatic rings. The lowest BCUT2D eigenvalue weighted by atomic mass is 9.78. The second-order valence-corrected chi connectivity index (χ2v) is 8.68. The summed E-state index contributed by atoms with van der Waals surface area (Å²) >= 11 is 0. The van der Waals surface area contributed by atoms with E-state index in [4.69, 9.17) is 4.74 Å². The molecule has 3 aromatic rings. The number of rotatable bonds is 8. The third kappa shape index (κ3) is 4.93. The highest BCUT2D eigenvalue weighted by Gasteiger charge is 2.47. The predicted octanol–water partition coefficient (Wildman–Crippen LogP) is 5.02. The highest BCUT2D eigenvalue weighted by molar-refractivity contribution is 6.04. The maximum absolute atomic E-state index is 13.0. The number of amides is 3. The number of urea groups is 1. The fourth-order valence-electron chi connectivity index (χ4n) is 4.57. The van der Waals surface area contributed by atoms with Crippen LogP contribution in [0.5, 0.6) is 11.5 Å². The van der Waals surface area contributed by atoms with Crippen LogP contribution < -0.4 is 10.1 Å². The van der Waals surface area contributed by atoms with Crippen molar-refractivity contribution in [3.63, 3.8) is 0 Å². The first-order valence-electron chi connectivity index (χ1n) is 11.7. The number of hydrogen-bond acceptors (Lipinski definition) is 6. The van der Waals surface area contributed by atoms with E-state index < -0.39 is 11.4 Å². The zero-order chi connectivity index (χ0) is 24.1. The van der Waals surface area contributed by atoms with Gasteiger partial charge in [0.1, 0.15) is 17.3 Å². The lowest BCUT2D eigenvalue weighted by Crippen LogP contribution is -2.40. The zero-order valence-corrected chi connectivity index (χ0v) is 19.8. The summed E-state index contributed by atoms with van der Waals surface area (Å²) in [4.78, 5) is 35.8. The summed E-state index contributed by atoms with van der Waals surface area (Å²) in [6.45, 7) is 4.59. The molecule has 34 heavy (non-hydrogen) atoms. The molecule has 4 rings (SSSR count). The highest BCUT2D eigenvalue weighted by atomic mass is 16.5. The van der Waals surface area contributed by atoms with Crippen LogP contribution in [0.15, 0.2) is 49.1 Å². The molecule has 0 aliphatic carbocycles. The van der Waals surface area contributed by atoms with Gasteiger partial charge in [-0.2, -0.15) is 5.10 Å². The van der Waals surface area contributed by atoms with Crippen molar-refractivity contribution in [2.24, 2.45) is 12.5 Å². The van der Waals surface area contributed by atoms with E-state index in [2.05, 4.69) is 34.2 Å². The molecule has 1 N–H and O–H groups in total. The molecule has 1 saturated heterocycles. The molecule has 1 aliphatic heterocycles. The number of nitrogens with zero attached hydrogens (tertiary/aromatic N) is 5. The highest BCUT2D eigenvalue weighted by Crippen LogP contribution is 2.41. The van der Waals surface area contributed by atoms with Gasteiger partial charge in [-0.3, -0.25) is 24.7 Å². The van der Waals surface area contributed by atoms with Crippen molar-refractivity contribution in [3.05, 3.63) is 49.1 Å². The average molecular weight is 463 g/mol. The normalized spacial score (nSPS) is 14.9. The van der Waals surface area contributed by atoms with E-state index in [0.29, 0.717) is 30.3 Å². The lowest BCUT2D eigenvalue weighted by molar-refractivity contribution is -0.134. The van der Waals surface area contributed by atoms with Crippen LogP contribution in [0.25, 0.3) is 11.3 Å². The first kappa shape index (κ1) is 23.4. The summed E-state index contributed by atoms with van der Waals surface area (Å²) in [6.07, 6.45) is 11.0. The molecule has 0 saturated carbocycles. The second kappa shape index (κ2) is 10.0. The van der Waals surface area contributed by atoms with E-state index in [1.54, 1.807) is 35.3 Å². The topological polar surface area (TPSA) is 102 Å². The smallest absolute Gasteiger partial charge is 0.329 e. The molecule has 0 bridgehead atoms. The number of carbonyl (C=O) groups is 2. The Morgan fingerprint density at radius 3 is 2.56 bits per heavy atom. The van der Waals surface area contributed by atoms with Crippen LogP contribution in [0.4, 0.5) is 10.6 Å². The number of nitrogens with one attached hydrogen (secondary N) is 1. The van der Waals surface area contributed by atoms with E-state index >= 15 is 0 Å². The maximum Gasteiger partial charge on any atom is 0.329 e. The molecular formula is C25H30N6O3. The molecule has 3 amide bonds. The molecule has 0 radical (unpaired) electrons. The van der Waals surface area contributed by atoms with Gasteiger partial charge < -0.3 is 4.74 Å². The SMILES string of the molecule is CCCC1(CCC)CCN(C(=O)Nc2ccc(Oc3ccnc(-c4cnn(C)c4)c3)cn2)C1=O. The van der Waals surface area contributed by atoms with Gasteiger partial charge in [0, 0.05) is 37.6 Å². The Bertz CT molecular complexity index is 1150. The van der Waals surface area contributed by atoms with E-state index in [9.17, 15) is 9.59 Å². The fourth-order valence-corrected chi connectivity index (χ4v) is 4.57. The van der Waals surface area contributed by atoms with Crippen molar-refractivity contribution >= 4 is 17.8 Å². The van der Waals surface area contributed by atoms with Crippen LogP contribution in [0.2, 0.25) is 0 Å². The minimum absolute atomic E-state index is 0.0734. The number of aromatic nitrogens is 4. The minimum Gasteiger partial charge on any atom is -0.456 e. The Hall–Kier alpha value is -3.75. The van der Waals surface area contributed by atoms with Gasteiger partial charge >= 0.3 is 6.03 Å². The van der Waals surface area contributed by atoms with E-state index in [1.807, 2.05) is 19.3 Å². The van der Waals surface area contributed by atoms with Crippen LogP contribution in [-0.4, -0.2) is 43.1 Å². The van der Waals surface area contributed by atoms with Crippen LogP contribution >= 0.6 is 0 Å². The summed E-state index contributed by atoms with van der Waals surface area (Å²) in [5, 5.41) is 6.91. The third-order valence-corrected chi connectivity index (χ3v) is 6.15. The van der Waals surface area contributed by atoms with E-state index in [-0.39, 0.29) is 5.91 Å². The molecular weight excluding hydrogens is 432 g/mol. The van der Waals surface area contributed by atoms with Gasteiger partial charge in [-0.15, -0.1) is 0 Å². The number of carbonyl (C=O) groups excluding carboxylic acids is 2. The maximum atomic E-state index is 13.0. The zero-order valence-electron chi connectivity index (χ0n) is 19.8. The molecule has 9 heteroatoms. The van der Waals surface area contributed by atoms with Crippen molar-refractivity contribution in [1.29, 1.82) is 0 Å². The molecule has 4 heterocycles. The van der Waals surface area contributed by atoms with Crippen molar-refractivity contribution in [2.75, 3.05) is 11.9 Å². The average Bonchev–Trinajstić information content (AvgIpc) is 3.40. The number of pyridine rings is 2. The summed E-state index contributed by atoms with van der Waals surface area (Å²) in [7, 11) is 1.85. The van der Waals surface area contributed by atoms with Gasteiger partial charge in [-0.25, -0.2) is 9.78 Å². The Labute approximate surface area is 199 Å². The predicted molar refractivity (Wildman–Crippen MR) is 128 cm³/mol. The first-order chi connectivity index (χ1) is 16.4. The minimum atomic E-state index is -0.435. The molecule has 9 nitrogen and oxygen atoms in total. The van der Waals surface area contributed by atoms with Crippen LogP contribution in [0.1, 0.15) is 46.0 Å². The van der Waals surface area contributed by atoms with Crippen molar-refractivity contribution < 1.29 is 14.3 Å². The fraction of sp³-hybridized carbons (Fsp3) is 0.400. The molecule has 3 aromatic heterocycles. The number of imide groups is 1. The third-order valence-electron chi connectivity index (χ3n) is 6.15. The van der Waals surface area contributed by atoms with Gasteiger partial charge in [-0.1, -0.05) is 26.7 Å². The standard InChI is InChI=1S/C25H30N6O3/c1-4-9-25(10-5-2)11-13-31(23(25)32)24(33)29-22-7-6-20(16-27-22)34-19-8-12-26-21(14-19)18-15-28-30(3)17-18/h6-8,12,14-17H,4-5,9-11,13H2,1-3H3,(H,27,29,33). The van der Waals surface area contributed by atoms with Crippen molar-refractivity contribution in [1.82, 2.24) is 24.6 Å². The Morgan fingerprint density at radius 1 is 1.12 bits per heavy atom. The number of likely N-dealkylation sites (tertiary alicyclic amines) is 1. The number of ether oxygens (including phenoxy) is 1. The van der Waals surface area contributed by atoms with Crippen LogP contribution in [0.3, 0.4) is 0 Å². The molecule has 0 spiro atoms. The quantitative estimate of drug-likeness (QED) is 0.504. The van der Waals surface area contributed by atoms with Gasteiger partial charge in [0.05, 0.1) is 23.5 Å². The van der Waals surface area contributed by atoms with Crippen LogP contribution in [0, 0.1) is 5.41 Å². The largest absolute Gasteiger partial charge is 0.456 e. The van der Waals surface area contributed by atoms with Crippen molar-refractivity contribution in [2.45, 2.75) is 46.0 Å². The molecule has 0 atom stereocenters. The van der Waals surface area contributed by atoms with Gasteiger partial charge in [0.25, 0.3) is 0 Å². The first-order valence-corrected chi connectivity index (χ1v) is 11.7. The summed E-state index contributed by atoms with van der Waals surface area (Å²) in [5.74, 6) is 1.41. The summed E-state index contributed by atoms with van der Waals surface area (Å²) in [5.41, 5.74) is 1.23. The summed E-state index contributed by atoms with van der Waals surface area (Å²) in [6, 6.07) is 6.52. The lowest BCUT2D eigenvalue weighted by Gasteiger charge is -2.26. The van der Waals surface area contributed by atoms with E-state index in [0.717, 1.165) is 36.9 Å². The van der Waals surface area contributed by atoms with Crippen molar-refractivity contribution in [3.8, 4) is 22.8 Å². The molecule has 0 unspecified atom stereocenters. The van der Waals surface area contributed by atoms with Crippen LogP contribution in [-0.2, 0) is 11.8 Å². The Morgan fingerprint density at radius 2 is 1.91 bits per heavy atom.